The summed E-state index contributed by atoms with van der Waals surface area (Å²) in [5, 5.41) is 0.270. The summed E-state index contributed by atoms with van der Waals surface area (Å²) in [6, 6.07) is 8.07. The molecule has 2 aromatic carbocycles. The first kappa shape index (κ1) is 13.9. The van der Waals surface area contributed by atoms with Gasteiger partial charge in [0.25, 0.3) is 0 Å². The highest BCUT2D eigenvalue weighted by atomic mass is 35.5. The van der Waals surface area contributed by atoms with Gasteiger partial charge in [-0.1, -0.05) is 23.7 Å². The summed E-state index contributed by atoms with van der Waals surface area (Å²) in [4.78, 5) is 0. The van der Waals surface area contributed by atoms with Gasteiger partial charge in [0.15, 0.2) is 0 Å². The van der Waals surface area contributed by atoms with Crippen molar-refractivity contribution in [2.75, 3.05) is 0 Å². The average Bonchev–Trinajstić information content (AvgIpc) is 2.34. The summed E-state index contributed by atoms with van der Waals surface area (Å²) in [5.41, 5.74) is 4.79. The molecule has 0 aliphatic rings. The molecule has 0 heterocycles. The number of hydrogen-bond donors (Lipinski definition) is 2. The minimum Gasteiger partial charge on any atom is -0.271 e. The minimum absolute atomic E-state index is 0.270. The van der Waals surface area contributed by atoms with Crippen molar-refractivity contribution in [1.82, 2.24) is 5.43 Å². The van der Waals surface area contributed by atoms with Crippen molar-refractivity contribution in [3.05, 3.63) is 69.7 Å². The quantitative estimate of drug-likeness (QED) is 0.668. The van der Waals surface area contributed by atoms with E-state index < -0.39 is 11.9 Å². The second kappa shape index (κ2) is 5.65. The number of hydrazine groups is 1. The van der Waals surface area contributed by atoms with E-state index in [2.05, 4.69) is 5.43 Å². The molecule has 0 amide bonds. The van der Waals surface area contributed by atoms with Crippen LogP contribution in [0.5, 0.6) is 0 Å². The van der Waals surface area contributed by atoms with Gasteiger partial charge in [-0.2, -0.15) is 0 Å². The maximum atomic E-state index is 13.1. The highest BCUT2D eigenvalue weighted by Gasteiger charge is 2.18. The van der Waals surface area contributed by atoms with Gasteiger partial charge >= 0.3 is 0 Å². The van der Waals surface area contributed by atoms with Gasteiger partial charge in [-0.3, -0.25) is 5.84 Å². The highest BCUT2D eigenvalue weighted by molar-refractivity contribution is 6.31. The maximum absolute atomic E-state index is 13.1. The number of rotatable bonds is 3. The Morgan fingerprint density at radius 2 is 1.63 bits per heavy atom. The summed E-state index contributed by atoms with van der Waals surface area (Å²) in [6.07, 6.45) is 0. The molecule has 1 unspecified atom stereocenters. The first-order valence-corrected chi connectivity index (χ1v) is 6.08. The van der Waals surface area contributed by atoms with Crippen molar-refractivity contribution in [1.29, 1.82) is 0 Å². The van der Waals surface area contributed by atoms with E-state index in [0.717, 1.165) is 11.1 Å². The van der Waals surface area contributed by atoms with E-state index >= 15 is 0 Å². The monoisotopic (exact) mass is 282 g/mol. The number of nitrogens with two attached hydrogens (primary N) is 1. The van der Waals surface area contributed by atoms with Gasteiger partial charge in [-0.05, 0) is 47.9 Å². The molecule has 0 saturated carbocycles. The molecule has 0 saturated heterocycles. The molecule has 19 heavy (non-hydrogen) atoms. The summed E-state index contributed by atoms with van der Waals surface area (Å²) in [6.45, 7) is 1.78. The van der Waals surface area contributed by atoms with Gasteiger partial charge in [0, 0.05) is 5.02 Å². The zero-order chi connectivity index (χ0) is 14.0. The first-order chi connectivity index (χ1) is 9.02. The van der Waals surface area contributed by atoms with Gasteiger partial charge in [0.2, 0.25) is 0 Å². The van der Waals surface area contributed by atoms with Crippen LogP contribution in [0.4, 0.5) is 8.78 Å². The van der Waals surface area contributed by atoms with Crippen LogP contribution >= 0.6 is 11.6 Å². The molecule has 0 radical (unpaired) electrons. The van der Waals surface area contributed by atoms with E-state index in [0.29, 0.717) is 5.56 Å². The lowest BCUT2D eigenvalue weighted by molar-refractivity contribution is 0.606. The predicted octanol–water partition coefficient (Wildman–Crippen LogP) is 3.48. The Labute approximate surface area is 115 Å². The zero-order valence-corrected chi connectivity index (χ0v) is 11.0. The molecule has 0 aromatic heterocycles. The fourth-order valence-electron chi connectivity index (χ4n) is 2.05. The molecular formula is C14H13ClF2N2. The average molecular weight is 283 g/mol. The molecule has 0 aliphatic carbocycles. The van der Waals surface area contributed by atoms with Crippen LogP contribution in [0.2, 0.25) is 5.02 Å². The number of aryl methyl sites for hydroxylation is 1. The van der Waals surface area contributed by atoms with Crippen molar-refractivity contribution in [3.8, 4) is 0 Å². The van der Waals surface area contributed by atoms with E-state index in [1.165, 1.54) is 24.3 Å². The third-order valence-corrected chi connectivity index (χ3v) is 3.31. The molecule has 0 aliphatic heterocycles. The lowest BCUT2D eigenvalue weighted by Gasteiger charge is -2.20. The van der Waals surface area contributed by atoms with Crippen LogP contribution in [-0.4, -0.2) is 0 Å². The van der Waals surface area contributed by atoms with Crippen LogP contribution < -0.4 is 11.3 Å². The van der Waals surface area contributed by atoms with Crippen molar-refractivity contribution < 1.29 is 8.78 Å². The third-order valence-electron chi connectivity index (χ3n) is 2.98. The topological polar surface area (TPSA) is 38.0 Å². The SMILES string of the molecule is Cc1cc(F)ccc1C(NN)c1ccc(F)cc1Cl. The Morgan fingerprint density at radius 1 is 1.05 bits per heavy atom. The maximum Gasteiger partial charge on any atom is 0.124 e. The normalized spacial score (nSPS) is 12.5. The van der Waals surface area contributed by atoms with Gasteiger partial charge in [0.1, 0.15) is 11.6 Å². The van der Waals surface area contributed by atoms with Gasteiger partial charge in [0.05, 0.1) is 6.04 Å². The molecule has 2 rings (SSSR count). The van der Waals surface area contributed by atoms with Crippen LogP contribution in [0, 0.1) is 18.6 Å². The molecule has 1 atom stereocenters. The molecule has 100 valence electrons. The summed E-state index contributed by atoms with van der Waals surface area (Å²) < 4.78 is 26.2. The summed E-state index contributed by atoms with van der Waals surface area (Å²) in [7, 11) is 0. The minimum atomic E-state index is -0.423. The van der Waals surface area contributed by atoms with Gasteiger partial charge < -0.3 is 0 Å². The van der Waals surface area contributed by atoms with Crippen LogP contribution in [0.25, 0.3) is 0 Å². The molecule has 2 aromatic rings. The van der Waals surface area contributed by atoms with E-state index in [4.69, 9.17) is 17.4 Å². The Bertz CT molecular complexity index is 550. The smallest absolute Gasteiger partial charge is 0.124 e. The van der Waals surface area contributed by atoms with Crippen LogP contribution in [0.15, 0.2) is 36.4 Å². The molecule has 0 spiro atoms. The van der Waals surface area contributed by atoms with E-state index in [1.54, 1.807) is 19.1 Å². The molecular weight excluding hydrogens is 270 g/mol. The second-order valence-electron chi connectivity index (χ2n) is 4.27. The Balaban J connectivity index is 2.50. The number of halogens is 3. The Hall–Kier alpha value is -1.49. The third kappa shape index (κ3) is 2.92. The van der Waals surface area contributed by atoms with Crippen molar-refractivity contribution >= 4 is 11.6 Å². The Morgan fingerprint density at radius 3 is 2.16 bits per heavy atom. The molecule has 0 bridgehead atoms. The summed E-state index contributed by atoms with van der Waals surface area (Å²) >= 11 is 6.03. The van der Waals surface area contributed by atoms with Crippen LogP contribution in [0.1, 0.15) is 22.7 Å². The highest BCUT2D eigenvalue weighted by Crippen LogP contribution is 2.30. The van der Waals surface area contributed by atoms with E-state index in [-0.39, 0.29) is 10.8 Å². The molecule has 3 N–H and O–H groups in total. The molecule has 0 fully saturated rings. The standard InChI is InChI=1S/C14H13ClF2N2/c1-8-6-9(16)2-4-11(8)14(19-18)12-5-3-10(17)7-13(12)15/h2-7,14,19H,18H2,1H3. The first-order valence-electron chi connectivity index (χ1n) is 5.70. The van der Waals surface area contributed by atoms with Crippen molar-refractivity contribution in [2.24, 2.45) is 5.84 Å². The van der Waals surface area contributed by atoms with Crippen LogP contribution in [-0.2, 0) is 0 Å². The molecule has 2 nitrogen and oxygen atoms in total. The van der Waals surface area contributed by atoms with E-state index in [9.17, 15) is 8.78 Å². The fraction of sp³-hybridized carbons (Fsp3) is 0.143. The second-order valence-corrected chi connectivity index (χ2v) is 4.67. The van der Waals surface area contributed by atoms with Gasteiger partial charge in [-0.15, -0.1) is 0 Å². The number of hydrogen-bond acceptors (Lipinski definition) is 2. The number of nitrogens with one attached hydrogen (secondary N) is 1. The fourth-order valence-corrected chi connectivity index (χ4v) is 2.32. The summed E-state index contributed by atoms with van der Waals surface area (Å²) in [5.74, 6) is 4.82. The lowest BCUT2D eigenvalue weighted by atomic mass is 9.95. The van der Waals surface area contributed by atoms with Crippen molar-refractivity contribution in [3.63, 3.8) is 0 Å². The van der Waals surface area contributed by atoms with Gasteiger partial charge in [-0.25, -0.2) is 14.2 Å². The predicted molar refractivity (Wildman–Crippen MR) is 71.7 cm³/mol. The largest absolute Gasteiger partial charge is 0.271 e. The zero-order valence-electron chi connectivity index (χ0n) is 10.3. The van der Waals surface area contributed by atoms with E-state index in [1.807, 2.05) is 0 Å². The van der Waals surface area contributed by atoms with Crippen LogP contribution in [0.3, 0.4) is 0 Å². The Kier molecular flexibility index (Phi) is 4.14. The van der Waals surface area contributed by atoms with Crippen molar-refractivity contribution in [2.45, 2.75) is 13.0 Å². The molecule has 5 heteroatoms. The number of benzene rings is 2. The lowest BCUT2D eigenvalue weighted by Crippen LogP contribution is -2.29.